The van der Waals surface area contributed by atoms with E-state index in [0.29, 0.717) is 17.1 Å². The molecule has 2 aromatic rings. The highest BCUT2D eigenvalue weighted by Crippen LogP contribution is 2.22. The first-order chi connectivity index (χ1) is 8.63. The number of primary amides is 1. The molecule has 0 aliphatic heterocycles. The molecule has 2 aromatic heterocycles. The highest BCUT2D eigenvalue weighted by Gasteiger charge is 2.13. The Hall–Kier alpha value is -2.50. The van der Waals surface area contributed by atoms with Crippen molar-refractivity contribution in [3.8, 4) is 11.3 Å². The molecule has 0 aliphatic carbocycles. The lowest BCUT2D eigenvalue weighted by atomic mass is 10.1. The van der Waals surface area contributed by atoms with Crippen LogP contribution in [0.15, 0.2) is 24.4 Å². The molecule has 92 valence electrons. The maximum Gasteiger partial charge on any atom is 0.252 e. The zero-order chi connectivity index (χ0) is 13.1. The van der Waals surface area contributed by atoms with Crippen LogP contribution in [0, 0.1) is 6.92 Å². The summed E-state index contributed by atoms with van der Waals surface area (Å²) in [5.74, 6) is -0.176. The van der Waals surface area contributed by atoms with Crippen LogP contribution >= 0.6 is 0 Å². The van der Waals surface area contributed by atoms with E-state index >= 15 is 0 Å². The Bertz CT molecular complexity index is 597. The van der Waals surface area contributed by atoms with E-state index in [1.165, 1.54) is 0 Å². The molecule has 0 saturated carbocycles. The summed E-state index contributed by atoms with van der Waals surface area (Å²) in [6.45, 7) is 1.87. The van der Waals surface area contributed by atoms with E-state index in [0.717, 1.165) is 11.3 Å². The first-order valence-corrected chi connectivity index (χ1v) is 5.40. The second kappa shape index (κ2) is 4.79. The highest BCUT2D eigenvalue weighted by atomic mass is 16.1. The largest absolute Gasteiger partial charge is 0.371 e. The van der Waals surface area contributed by atoms with E-state index in [9.17, 15) is 4.79 Å². The molecule has 1 amide bonds. The van der Waals surface area contributed by atoms with Crippen LogP contribution in [0.4, 0.5) is 5.82 Å². The van der Waals surface area contributed by atoms with Gasteiger partial charge in [-0.2, -0.15) is 0 Å². The fraction of sp³-hybridized carbons (Fsp3) is 0.167. The fourth-order valence-corrected chi connectivity index (χ4v) is 1.65. The number of nitrogens with one attached hydrogen (secondary N) is 1. The van der Waals surface area contributed by atoms with E-state index in [1.807, 2.05) is 13.0 Å². The fourth-order valence-electron chi connectivity index (χ4n) is 1.65. The molecule has 0 saturated heterocycles. The van der Waals surface area contributed by atoms with Gasteiger partial charge in [0.25, 0.3) is 5.91 Å². The molecule has 18 heavy (non-hydrogen) atoms. The summed E-state index contributed by atoms with van der Waals surface area (Å²) >= 11 is 0. The molecule has 0 bridgehead atoms. The average molecular weight is 243 g/mol. The molecule has 6 nitrogen and oxygen atoms in total. The van der Waals surface area contributed by atoms with Crippen molar-refractivity contribution in [2.24, 2.45) is 5.73 Å². The third-order valence-electron chi connectivity index (χ3n) is 2.58. The Labute approximate surface area is 104 Å². The van der Waals surface area contributed by atoms with Crippen molar-refractivity contribution in [2.45, 2.75) is 6.92 Å². The van der Waals surface area contributed by atoms with E-state index in [2.05, 4.69) is 20.5 Å². The topological polar surface area (TPSA) is 93.8 Å². The van der Waals surface area contributed by atoms with Gasteiger partial charge >= 0.3 is 0 Å². The monoisotopic (exact) mass is 243 g/mol. The third kappa shape index (κ3) is 2.13. The number of nitrogens with zero attached hydrogens (tertiary/aromatic N) is 3. The Morgan fingerprint density at radius 3 is 2.78 bits per heavy atom. The van der Waals surface area contributed by atoms with Crippen molar-refractivity contribution >= 4 is 11.7 Å². The Morgan fingerprint density at radius 1 is 1.39 bits per heavy atom. The van der Waals surface area contributed by atoms with Crippen molar-refractivity contribution in [1.82, 2.24) is 15.2 Å². The van der Waals surface area contributed by atoms with E-state index in [1.54, 1.807) is 25.4 Å². The average Bonchev–Trinajstić information content (AvgIpc) is 2.38. The molecule has 0 aromatic carbocycles. The van der Waals surface area contributed by atoms with Crippen molar-refractivity contribution in [3.05, 3.63) is 35.7 Å². The molecule has 0 radical (unpaired) electrons. The number of rotatable bonds is 3. The summed E-state index contributed by atoms with van der Waals surface area (Å²) in [6.07, 6.45) is 1.70. The summed E-state index contributed by atoms with van der Waals surface area (Å²) in [5.41, 5.74) is 7.85. The maximum absolute atomic E-state index is 11.3. The predicted octanol–water partition coefficient (Wildman–Crippen LogP) is 0.988. The van der Waals surface area contributed by atoms with Crippen molar-refractivity contribution in [3.63, 3.8) is 0 Å². The van der Waals surface area contributed by atoms with E-state index < -0.39 is 5.91 Å². The van der Waals surface area contributed by atoms with E-state index in [4.69, 9.17) is 5.73 Å². The molecule has 0 unspecified atom stereocenters. The summed E-state index contributed by atoms with van der Waals surface area (Å²) in [7, 11) is 1.66. The first kappa shape index (κ1) is 12.0. The van der Waals surface area contributed by atoms with Crippen LogP contribution in [0.3, 0.4) is 0 Å². The van der Waals surface area contributed by atoms with Gasteiger partial charge in [0, 0.05) is 24.5 Å². The molecule has 0 aliphatic rings. The lowest BCUT2D eigenvalue weighted by molar-refractivity contribution is 0.100. The lowest BCUT2D eigenvalue weighted by Crippen LogP contribution is -2.15. The first-order valence-electron chi connectivity index (χ1n) is 5.40. The summed E-state index contributed by atoms with van der Waals surface area (Å²) in [4.78, 5) is 15.5. The lowest BCUT2D eigenvalue weighted by Gasteiger charge is -2.07. The van der Waals surface area contributed by atoms with Crippen LogP contribution in [0.5, 0.6) is 0 Å². The minimum Gasteiger partial charge on any atom is -0.371 e. The maximum atomic E-state index is 11.3. The van der Waals surface area contributed by atoms with Gasteiger partial charge < -0.3 is 11.1 Å². The molecule has 2 heterocycles. The van der Waals surface area contributed by atoms with Gasteiger partial charge in [0.1, 0.15) is 0 Å². The molecule has 0 spiro atoms. The van der Waals surface area contributed by atoms with Crippen molar-refractivity contribution in [1.29, 1.82) is 0 Å². The van der Waals surface area contributed by atoms with Crippen LogP contribution in [0.2, 0.25) is 0 Å². The second-order valence-electron chi connectivity index (χ2n) is 3.74. The molecule has 2 rings (SSSR count). The van der Waals surface area contributed by atoms with Gasteiger partial charge in [-0.3, -0.25) is 9.78 Å². The zero-order valence-corrected chi connectivity index (χ0v) is 10.1. The molecular formula is C12H13N5O. The Balaban J connectivity index is 2.57. The molecule has 6 heteroatoms. The Morgan fingerprint density at radius 2 is 2.17 bits per heavy atom. The number of carbonyl (C=O) groups excluding carboxylic acids is 1. The van der Waals surface area contributed by atoms with Crippen LogP contribution in [0.25, 0.3) is 11.3 Å². The van der Waals surface area contributed by atoms with Gasteiger partial charge in [-0.1, -0.05) is 0 Å². The second-order valence-corrected chi connectivity index (χ2v) is 3.74. The number of pyridine rings is 1. The van der Waals surface area contributed by atoms with Gasteiger partial charge in [0.15, 0.2) is 5.82 Å². The number of anilines is 1. The number of aromatic nitrogens is 3. The van der Waals surface area contributed by atoms with Gasteiger partial charge in [-0.25, -0.2) is 0 Å². The molecular weight excluding hydrogens is 230 g/mol. The van der Waals surface area contributed by atoms with Gasteiger partial charge in [0.05, 0.1) is 11.3 Å². The minimum atomic E-state index is -0.544. The normalized spacial score (nSPS) is 10.1. The number of aryl methyl sites for hydroxylation is 1. The van der Waals surface area contributed by atoms with Crippen LogP contribution in [-0.4, -0.2) is 28.1 Å². The number of hydrogen-bond donors (Lipinski definition) is 2. The third-order valence-corrected chi connectivity index (χ3v) is 2.58. The number of amides is 1. The smallest absolute Gasteiger partial charge is 0.252 e. The minimum absolute atomic E-state index is 0.311. The van der Waals surface area contributed by atoms with E-state index in [-0.39, 0.29) is 0 Å². The summed E-state index contributed by atoms with van der Waals surface area (Å²) in [5, 5.41) is 10.8. The van der Waals surface area contributed by atoms with Crippen molar-refractivity contribution < 1.29 is 4.79 Å². The molecule has 3 N–H and O–H groups in total. The number of nitrogens with two attached hydrogens (primary N) is 1. The van der Waals surface area contributed by atoms with Crippen LogP contribution in [-0.2, 0) is 0 Å². The standard InChI is InChI=1S/C12H13N5O/c1-7-8(4-3-5-15-7)10-6-9(11(13)18)12(14-2)17-16-10/h3-6H,1-2H3,(H2,13,18)(H,14,17). The highest BCUT2D eigenvalue weighted by molar-refractivity contribution is 5.98. The SMILES string of the molecule is CNc1nnc(-c2cccnc2C)cc1C(N)=O. The van der Waals surface area contributed by atoms with Gasteiger partial charge in [-0.05, 0) is 25.1 Å². The van der Waals surface area contributed by atoms with Crippen LogP contribution in [0.1, 0.15) is 16.1 Å². The quantitative estimate of drug-likeness (QED) is 0.838. The Kier molecular flexibility index (Phi) is 3.18. The molecule has 0 atom stereocenters. The number of hydrogen-bond acceptors (Lipinski definition) is 5. The summed E-state index contributed by atoms with van der Waals surface area (Å²) < 4.78 is 0. The number of carbonyl (C=O) groups is 1. The van der Waals surface area contributed by atoms with Gasteiger partial charge in [0.2, 0.25) is 0 Å². The van der Waals surface area contributed by atoms with Crippen LogP contribution < -0.4 is 11.1 Å². The predicted molar refractivity (Wildman–Crippen MR) is 68.1 cm³/mol. The van der Waals surface area contributed by atoms with Crippen molar-refractivity contribution in [2.75, 3.05) is 12.4 Å². The summed E-state index contributed by atoms with van der Waals surface area (Å²) in [6, 6.07) is 5.29. The zero-order valence-electron chi connectivity index (χ0n) is 10.1. The molecule has 0 fully saturated rings. The van der Waals surface area contributed by atoms with Gasteiger partial charge in [-0.15, -0.1) is 10.2 Å².